The van der Waals surface area contributed by atoms with Crippen LogP contribution in [0.1, 0.15) is 63.1 Å². The van der Waals surface area contributed by atoms with Crippen molar-refractivity contribution in [1.29, 1.82) is 0 Å². The van der Waals surface area contributed by atoms with E-state index in [1.54, 1.807) is 0 Å². The zero-order valence-electron chi connectivity index (χ0n) is 13.3. The van der Waals surface area contributed by atoms with E-state index in [1.807, 2.05) is 17.0 Å². The SMILES string of the molecule is CCc1ccc(C(=O)N2CCCC(C(C)(C)C)CC2)[nH]1. The van der Waals surface area contributed by atoms with Crippen molar-refractivity contribution in [3.63, 3.8) is 0 Å². The molecule has 1 aliphatic heterocycles. The van der Waals surface area contributed by atoms with Gasteiger partial charge in [-0.1, -0.05) is 27.7 Å². The van der Waals surface area contributed by atoms with Gasteiger partial charge in [-0.15, -0.1) is 0 Å². The second-order valence-corrected chi connectivity index (χ2v) is 7.04. The third-order valence-electron chi connectivity index (χ3n) is 4.60. The van der Waals surface area contributed by atoms with Gasteiger partial charge in [0.15, 0.2) is 0 Å². The number of likely N-dealkylation sites (tertiary alicyclic amines) is 1. The molecule has 1 fully saturated rings. The van der Waals surface area contributed by atoms with Gasteiger partial charge in [-0.3, -0.25) is 4.79 Å². The molecule has 1 N–H and O–H groups in total. The zero-order chi connectivity index (χ0) is 14.8. The Balaban J connectivity index is 2.01. The molecule has 0 spiro atoms. The highest BCUT2D eigenvalue weighted by atomic mass is 16.2. The molecular formula is C17H28N2O. The first-order chi connectivity index (χ1) is 9.41. The monoisotopic (exact) mass is 276 g/mol. The van der Waals surface area contributed by atoms with E-state index in [1.165, 1.54) is 6.42 Å². The maximum absolute atomic E-state index is 12.5. The largest absolute Gasteiger partial charge is 0.354 e. The summed E-state index contributed by atoms with van der Waals surface area (Å²) in [4.78, 5) is 17.8. The topological polar surface area (TPSA) is 36.1 Å². The van der Waals surface area contributed by atoms with E-state index in [2.05, 4.69) is 32.7 Å². The van der Waals surface area contributed by atoms with Crippen LogP contribution in [0.2, 0.25) is 0 Å². The van der Waals surface area contributed by atoms with Crippen molar-refractivity contribution in [1.82, 2.24) is 9.88 Å². The summed E-state index contributed by atoms with van der Waals surface area (Å²) in [6.07, 6.45) is 4.42. The predicted molar refractivity (Wildman–Crippen MR) is 82.9 cm³/mol. The Bertz CT molecular complexity index is 456. The Hall–Kier alpha value is -1.25. The van der Waals surface area contributed by atoms with Gasteiger partial charge in [0.2, 0.25) is 0 Å². The highest BCUT2D eigenvalue weighted by Crippen LogP contribution is 2.34. The summed E-state index contributed by atoms with van der Waals surface area (Å²) in [6.45, 7) is 10.8. The fourth-order valence-electron chi connectivity index (χ4n) is 3.11. The van der Waals surface area contributed by atoms with Gasteiger partial charge in [0, 0.05) is 18.8 Å². The number of carbonyl (C=O) groups is 1. The Morgan fingerprint density at radius 1 is 1.30 bits per heavy atom. The highest BCUT2D eigenvalue weighted by molar-refractivity contribution is 5.92. The van der Waals surface area contributed by atoms with E-state index < -0.39 is 0 Å². The number of rotatable bonds is 2. The first kappa shape index (κ1) is 15.1. The summed E-state index contributed by atoms with van der Waals surface area (Å²) in [5.74, 6) is 0.884. The maximum Gasteiger partial charge on any atom is 0.270 e. The second kappa shape index (κ2) is 6.02. The number of amides is 1. The summed E-state index contributed by atoms with van der Waals surface area (Å²) in [6, 6.07) is 3.94. The normalized spacial score (nSPS) is 20.8. The fourth-order valence-corrected chi connectivity index (χ4v) is 3.11. The Kier molecular flexibility index (Phi) is 4.56. The van der Waals surface area contributed by atoms with Crippen LogP contribution >= 0.6 is 0 Å². The molecule has 0 radical (unpaired) electrons. The smallest absolute Gasteiger partial charge is 0.270 e. The predicted octanol–water partition coefficient (Wildman–Crippen LogP) is 3.87. The average molecular weight is 276 g/mol. The van der Waals surface area contributed by atoms with E-state index in [4.69, 9.17) is 0 Å². The number of aromatic amines is 1. The highest BCUT2D eigenvalue weighted by Gasteiger charge is 2.28. The Morgan fingerprint density at radius 3 is 2.65 bits per heavy atom. The van der Waals surface area contributed by atoms with Gasteiger partial charge in [-0.05, 0) is 49.1 Å². The van der Waals surface area contributed by atoms with Crippen molar-refractivity contribution >= 4 is 5.91 Å². The molecule has 1 aliphatic rings. The lowest BCUT2D eigenvalue weighted by Crippen LogP contribution is -2.32. The molecule has 0 bridgehead atoms. The minimum Gasteiger partial charge on any atom is -0.354 e. The van der Waals surface area contributed by atoms with Gasteiger partial charge in [0.05, 0.1) is 0 Å². The molecule has 1 unspecified atom stereocenters. The maximum atomic E-state index is 12.5. The lowest BCUT2D eigenvalue weighted by Gasteiger charge is -2.29. The van der Waals surface area contributed by atoms with Crippen LogP contribution in [0.5, 0.6) is 0 Å². The molecule has 0 aliphatic carbocycles. The van der Waals surface area contributed by atoms with Gasteiger partial charge in [-0.25, -0.2) is 0 Å². The van der Waals surface area contributed by atoms with Crippen molar-refractivity contribution in [2.45, 2.75) is 53.4 Å². The molecule has 1 atom stereocenters. The van der Waals surface area contributed by atoms with Crippen LogP contribution in [0.3, 0.4) is 0 Å². The van der Waals surface area contributed by atoms with E-state index in [-0.39, 0.29) is 5.91 Å². The number of carbonyl (C=O) groups excluding carboxylic acids is 1. The molecule has 3 heteroatoms. The molecular weight excluding hydrogens is 248 g/mol. The van der Waals surface area contributed by atoms with Crippen LogP contribution in [0.25, 0.3) is 0 Å². The molecule has 0 aromatic carbocycles. The first-order valence-corrected chi connectivity index (χ1v) is 7.89. The van der Waals surface area contributed by atoms with Crippen LogP contribution in [-0.2, 0) is 6.42 Å². The number of hydrogen-bond donors (Lipinski definition) is 1. The molecule has 1 aromatic rings. The standard InChI is InChI=1S/C17H28N2O/c1-5-14-8-9-15(18-14)16(20)19-11-6-7-13(10-12-19)17(2,3)4/h8-9,13,18H,5-7,10-12H2,1-4H3. The third kappa shape index (κ3) is 3.44. The van der Waals surface area contributed by atoms with Gasteiger partial charge in [0.1, 0.15) is 5.69 Å². The van der Waals surface area contributed by atoms with Crippen molar-refractivity contribution in [3.05, 3.63) is 23.5 Å². The lowest BCUT2D eigenvalue weighted by molar-refractivity contribution is 0.0750. The van der Waals surface area contributed by atoms with E-state index in [0.29, 0.717) is 5.41 Å². The quantitative estimate of drug-likeness (QED) is 0.874. The fraction of sp³-hybridized carbons (Fsp3) is 0.706. The molecule has 2 heterocycles. The first-order valence-electron chi connectivity index (χ1n) is 7.89. The van der Waals surface area contributed by atoms with Crippen molar-refractivity contribution < 1.29 is 4.79 Å². The molecule has 1 aromatic heterocycles. The van der Waals surface area contributed by atoms with E-state index >= 15 is 0 Å². The van der Waals surface area contributed by atoms with Gasteiger partial charge in [-0.2, -0.15) is 0 Å². The van der Waals surface area contributed by atoms with Crippen molar-refractivity contribution in [2.24, 2.45) is 11.3 Å². The minimum absolute atomic E-state index is 0.166. The molecule has 1 saturated heterocycles. The van der Waals surface area contributed by atoms with Crippen LogP contribution in [0.15, 0.2) is 12.1 Å². The average Bonchev–Trinajstić information content (AvgIpc) is 2.72. The van der Waals surface area contributed by atoms with E-state index in [0.717, 1.165) is 49.7 Å². The minimum atomic E-state index is 0.166. The molecule has 3 nitrogen and oxygen atoms in total. The molecule has 112 valence electrons. The van der Waals surface area contributed by atoms with Crippen molar-refractivity contribution in [3.8, 4) is 0 Å². The van der Waals surface area contributed by atoms with Gasteiger partial charge < -0.3 is 9.88 Å². The van der Waals surface area contributed by atoms with Gasteiger partial charge >= 0.3 is 0 Å². The third-order valence-corrected chi connectivity index (χ3v) is 4.60. The number of nitrogens with one attached hydrogen (secondary N) is 1. The summed E-state index contributed by atoms with van der Waals surface area (Å²) < 4.78 is 0. The Morgan fingerprint density at radius 2 is 2.05 bits per heavy atom. The number of nitrogens with zero attached hydrogens (tertiary/aromatic N) is 1. The van der Waals surface area contributed by atoms with Crippen LogP contribution in [0, 0.1) is 11.3 Å². The molecule has 20 heavy (non-hydrogen) atoms. The van der Waals surface area contributed by atoms with Gasteiger partial charge in [0.25, 0.3) is 5.91 Å². The molecule has 0 saturated carbocycles. The van der Waals surface area contributed by atoms with Crippen LogP contribution in [0.4, 0.5) is 0 Å². The molecule has 1 amide bonds. The van der Waals surface area contributed by atoms with Crippen molar-refractivity contribution in [2.75, 3.05) is 13.1 Å². The summed E-state index contributed by atoms with van der Waals surface area (Å²) in [5, 5.41) is 0. The lowest BCUT2D eigenvalue weighted by atomic mass is 9.77. The second-order valence-electron chi connectivity index (χ2n) is 7.04. The summed E-state index contributed by atoms with van der Waals surface area (Å²) in [5.41, 5.74) is 2.23. The zero-order valence-corrected chi connectivity index (χ0v) is 13.3. The number of hydrogen-bond acceptors (Lipinski definition) is 1. The van der Waals surface area contributed by atoms with E-state index in [9.17, 15) is 4.79 Å². The molecule has 2 rings (SSSR count). The number of H-pyrrole nitrogens is 1. The summed E-state index contributed by atoms with van der Waals surface area (Å²) >= 11 is 0. The Labute approximate surface area is 122 Å². The van der Waals surface area contributed by atoms with Crippen LogP contribution < -0.4 is 0 Å². The number of aromatic nitrogens is 1. The van der Waals surface area contributed by atoms with Crippen LogP contribution in [-0.4, -0.2) is 28.9 Å². The summed E-state index contributed by atoms with van der Waals surface area (Å²) in [7, 11) is 0. The number of aryl methyl sites for hydroxylation is 1.